The number of aromatic nitrogens is 3. The molecular weight excluding hydrogens is 376 g/mol. The van der Waals surface area contributed by atoms with E-state index in [1.807, 2.05) is 25.1 Å². The lowest BCUT2D eigenvalue weighted by molar-refractivity contribution is -0.118. The molecule has 0 atom stereocenters. The number of thioether (sulfide) groups is 1. The number of carbonyl (C=O) groups is 1. The lowest BCUT2D eigenvalue weighted by Gasteiger charge is -2.13. The average Bonchev–Trinajstić information content (AvgIpc) is 2.70. The number of nitrogens with zero attached hydrogens (tertiary/aromatic N) is 3. The minimum atomic E-state index is -0.202. The molecule has 0 aliphatic heterocycles. The second kappa shape index (κ2) is 9.48. The third kappa shape index (κ3) is 4.76. The highest BCUT2D eigenvalue weighted by Crippen LogP contribution is 2.20. The molecule has 0 aliphatic carbocycles. The number of nitrogens with one attached hydrogen (secondary N) is 1. The van der Waals surface area contributed by atoms with Crippen LogP contribution in [0.25, 0.3) is 16.7 Å². The van der Waals surface area contributed by atoms with Gasteiger partial charge in [-0.25, -0.2) is 14.5 Å². The highest BCUT2D eigenvalue weighted by Gasteiger charge is 2.15. The Balaban J connectivity index is 1.91. The lowest BCUT2D eigenvalue weighted by Crippen LogP contribution is -2.28. The molecule has 1 amide bonds. The Morgan fingerprint density at radius 2 is 2.11 bits per heavy atom. The fourth-order valence-corrected chi connectivity index (χ4v) is 3.51. The van der Waals surface area contributed by atoms with Crippen molar-refractivity contribution in [2.75, 3.05) is 26.0 Å². The summed E-state index contributed by atoms with van der Waals surface area (Å²) in [5, 5.41) is 3.79. The first kappa shape index (κ1) is 20.0. The van der Waals surface area contributed by atoms with E-state index in [4.69, 9.17) is 4.74 Å². The summed E-state index contributed by atoms with van der Waals surface area (Å²) in [5.74, 6) is 0.530. The fourth-order valence-electron chi connectivity index (χ4n) is 2.68. The van der Waals surface area contributed by atoms with Crippen molar-refractivity contribution < 1.29 is 9.53 Å². The largest absolute Gasteiger partial charge is 0.385 e. The molecule has 0 aliphatic rings. The van der Waals surface area contributed by atoms with Crippen LogP contribution in [0.5, 0.6) is 0 Å². The van der Waals surface area contributed by atoms with E-state index in [-0.39, 0.29) is 17.2 Å². The molecule has 0 fully saturated rings. The standard InChI is InChI=1S/C20H22N4O3S/c1-14-8-10-21-17(12-14)24-19(26)15-6-3-4-7-16(15)23-20(24)28-13-18(25)22-9-5-11-27-2/h3-4,6-8,10,12H,5,9,11,13H2,1-2H3,(H,22,25). The predicted octanol–water partition coefficient (Wildman–Crippen LogP) is 2.33. The van der Waals surface area contributed by atoms with Gasteiger partial charge in [0.15, 0.2) is 5.16 Å². The molecule has 1 N–H and O–H groups in total. The Labute approximate surface area is 167 Å². The Morgan fingerprint density at radius 1 is 1.29 bits per heavy atom. The van der Waals surface area contributed by atoms with Crippen LogP contribution >= 0.6 is 11.8 Å². The number of methoxy groups -OCH3 is 1. The predicted molar refractivity (Wildman–Crippen MR) is 110 cm³/mol. The van der Waals surface area contributed by atoms with E-state index < -0.39 is 0 Å². The van der Waals surface area contributed by atoms with Crippen LogP contribution in [0.2, 0.25) is 0 Å². The van der Waals surface area contributed by atoms with Crippen LogP contribution in [0.4, 0.5) is 0 Å². The highest BCUT2D eigenvalue weighted by atomic mass is 32.2. The Bertz CT molecular complexity index is 1040. The Morgan fingerprint density at radius 3 is 2.89 bits per heavy atom. The van der Waals surface area contributed by atoms with Crippen LogP contribution in [-0.2, 0) is 9.53 Å². The van der Waals surface area contributed by atoms with Gasteiger partial charge in [0.2, 0.25) is 5.91 Å². The SMILES string of the molecule is COCCCNC(=O)CSc1nc2ccccc2c(=O)n1-c1cc(C)ccn1. The van der Waals surface area contributed by atoms with Crippen molar-refractivity contribution in [1.82, 2.24) is 19.9 Å². The van der Waals surface area contributed by atoms with E-state index in [9.17, 15) is 9.59 Å². The molecule has 0 radical (unpaired) electrons. The number of hydrogen-bond donors (Lipinski definition) is 1. The van der Waals surface area contributed by atoms with Crippen molar-refractivity contribution in [3.8, 4) is 5.82 Å². The number of aryl methyl sites for hydroxylation is 1. The molecule has 8 heteroatoms. The number of carbonyl (C=O) groups excluding carboxylic acids is 1. The van der Waals surface area contributed by atoms with Gasteiger partial charge < -0.3 is 10.1 Å². The van der Waals surface area contributed by atoms with Gasteiger partial charge in [-0.05, 0) is 43.2 Å². The van der Waals surface area contributed by atoms with Crippen molar-refractivity contribution in [1.29, 1.82) is 0 Å². The molecule has 7 nitrogen and oxygen atoms in total. The van der Waals surface area contributed by atoms with Gasteiger partial charge in [-0.3, -0.25) is 9.59 Å². The van der Waals surface area contributed by atoms with Gasteiger partial charge in [0.05, 0.1) is 16.7 Å². The van der Waals surface area contributed by atoms with Gasteiger partial charge in [-0.1, -0.05) is 23.9 Å². The zero-order chi connectivity index (χ0) is 19.9. The number of benzene rings is 1. The van der Waals surface area contributed by atoms with Crippen LogP contribution in [0, 0.1) is 6.92 Å². The molecule has 2 heterocycles. The maximum Gasteiger partial charge on any atom is 0.267 e. The van der Waals surface area contributed by atoms with Crippen LogP contribution < -0.4 is 10.9 Å². The summed E-state index contributed by atoms with van der Waals surface area (Å²) in [7, 11) is 1.63. The van der Waals surface area contributed by atoms with E-state index in [2.05, 4.69) is 15.3 Å². The normalized spacial score (nSPS) is 10.9. The zero-order valence-electron chi connectivity index (χ0n) is 15.8. The van der Waals surface area contributed by atoms with Crippen LogP contribution in [-0.4, -0.2) is 46.5 Å². The third-order valence-electron chi connectivity index (χ3n) is 4.05. The maximum atomic E-state index is 13.1. The quantitative estimate of drug-likeness (QED) is 0.356. The second-order valence-corrected chi connectivity index (χ2v) is 7.17. The molecule has 0 bridgehead atoms. The van der Waals surface area contributed by atoms with Crippen LogP contribution in [0.15, 0.2) is 52.5 Å². The molecule has 0 unspecified atom stereocenters. The minimum absolute atomic E-state index is 0.118. The molecule has 0 saturated heterocycles. The molecule has 3 rings (SSSR count). The van der Waals surface area contributed by atoms with Crippen LogP contribution in [0.1, 0.15) is 12.0 Å². The number of fused-ring (bicyclic) bond motifs is 1. The molecule has 3 aromatic rings. The van der Waals surface area contributed by atoms with Crippen molar-refractivity contribution in [3.63, 3.8) is 0 Å². The second-order valence-electron chi connectivity index (χ2n) is 6.23. The summed E-state index contributed by atoms with van der Waals surface area (Å²) in [4.78, 5) is 34.2. The number of para-hydroxylation sites is 1. The first-order chi connectivity index (χ1) is 13.6. The summed E-state index contributed by atoms with van der Waals surface area (Å²) >= 11 is 1.22. The molecule has 1 aromatic carbocycles. The monoisotopic (exact) mass is 398 g/mol. The van der Waals surface area contributed by atoms with Gasteiger partial charge in [0, 0.05) is 26.5 Å². The molecule has 2 aromatic heterocycles. The Hall–Kier alpha value is -2.71. The van der Waals surface area contributed by atoms with Crippen molar-refractivity contribution >= 4 is 28.6 Å². The summed E-state index contributed by atoms with van der Waals surface area (Å²) in [6.45, 7) is 3.08. The van der Waals surface area contributed by atoms with Gasteiger partial charge in [0.1, 0.15) is 5.82 Å². The molecule has 0 spiro atoms. The number of ether oxygens (including phenoxy) is 1. The first-order valence-electron chi connectivity index (χ1n) is 8.93. The van der Waals surface area contributed by atoms with E-state index in [1.54, 1.807) is 31.5 Å². The third-order valence-corrected chi connectivity index (χ3v) is 4.99. The van der Waals surface area contributed by atoms with Crippen LogP contribution in [0.3, 0.4) is 0 Å². The zero-order valence-corrected chi connectivity index (χ0v) is 16.7. The number of hydrogen-bond acceptors (Lipinski definition) is 6. The fraction of sp³-hybridized carbons (Fsp3) is 0.300. The minimum Gasteiger partial charge on any atom is -0.385 e. The molecule has 0 saturated carbocycles. The van der Waals surface area contributed by atoms with Gasteiger partial charge in [-0.15, -0.1) is 0 Å². The van der Waals surface area contributed by atoms with E-state index in [0.29, 0.717) is 35.0 Å². The highest BCUT2D eigenvalue weighted by molar-refractivity contribution is 7.99. The topological polar surface area (TPSA) is 86.1 Å². The van der Waals surface area contributed by atoms with Gasteiger partial charge >= 0.3 is 0 Å². The smallest absolute Gasteiger partial charge is 0.267 e. The maximum absolute atomic E-state index is 13.1. The average molecular weight is 398 g/mol. The summed E-state index contributed by atoms with van der Waals surface area (Å²) < 4.78 is 6.44. The molecular formula is C20H22N4O3S. The summed E-state index contributed by atoms with van der Waals surface area (Å²) in [6, 6.07) is 10.9. The number of pyridine rings is 1. The molecule has 146 valence electrons. The number of rotatable bonds is 8. The van der Waals surface area contributed by atoms with Gasteiger partial charge in [-0.2, -0.15) is 0 Å². The lowest BCUT2D eigenvalue weighted by atomic mass is 10.2. The molecule has 28 heavy (non-hydrogen) atoms. The van der Waals surface area contributed by atoms with E-state index in [0.717, 1.165) is 12.0 Å². The number of amides is 1. The Kier molecular flexibility index (Phi) is 6.78. The summed E-state index contributed by atoms with van der Waals surface area (Å²) in [5.41, 5.74) is 1.38. The van der Waals surface area contributed by atoms with Crippen molar-refractivity contribution in [2.45, 2.75) is 18.5 Å². The first-order valence-corrected chi connectivity index (χ1v) is 9.92. The van der Waals surface area contributed by atoms with E-state index >= 15 is 0 Å². The van der Waals surface area contributed by atoms with Crippen molar-refractivity contribution in [3.05, 3.63) is 58.5 Å². The van der Waals surface area contributed by atoms with Gasteiger partial charge in [0.25, 0.3) is 5.56 Å². The van der Waals surface area contributed by atoms with Crippen molar-refractivity contribution in [2.24, 2.45) is 0 Å². The summed E-state index contributed by atoms with van der Waals surface area (Å²) in [6.07, 6.45) is 2.41. The van der Waals surface area contributed by atoms with E-state index in [1.165, 1.54) is 16.3 Å².